The van der Waals surface area contributed by atoms with E-state index in [4.69, 9.17) is 0 Å². The molecule has 0 amide bonds. The van der Waals surface area contributed by atoms with Crippen molar-refractivity contribution in [3.8, 4) is 0 Å². The minimum absolute atomic E-state index is 0.0528. The van der Waals surface area contributed by atoms with Gasteiger partial charge in [0.25, 0.3) is 5.56 Å². The van der Waals surface area contributed by atoms with Crippen LogP contribution in [0.3, 0.4) is 0 Å². The minimum Gasteiger partial charge on any atom is -0.324 e. The number of rotatable bonds is 3. The Labute approximate surface area is 120 Å². The van der Waals surface area contributed by atoms with Crippen molar-refractivity contribution in [3.63, 3.8) is 0 Å². The maximum atomic E-state index is 12.5. The number of hydrogen-bond donors (Lipinski definition) is 0. The Morgan fingerprint density at radius 1 is 1.24 bits per heavy atom. The van der Waals surface area contributed by atoms with Crippen LogP contribution in [0.4, 0.5) is 13.2 Å². The van der Waals surface area contributed by atoms with Crippen molar-refractivity contribution in [1.29, 1.82) is 0 Å². The van der Waals surface area contributed by atoms with Gasteiger partial charge in [0.1, 0.15) is 17.1 Å². The molecule has 5 nitrogen and oxygen atoms in total. The summed E-state index contributed by atoms with van der Waals surface area (Å²) in [5.74, 6) is 0.159. The van der Waals surface area contributed by atoms with Crippen LogP contribution in [-0.4, -0.2) is 25.3 Å². The number of nitrogens with zero attached hydrogens (tertiary/aromatic N) is 4. The van der Waals surface area contributed by atoms with Gasteiger partial charge in [-0.15, -0.1) is 11.3 Å². The van der Waals surface area contributed by atoms with E-state index in [1.165, 1.54) is 34.6 Å². The van der Waals surface area contributed by atoms with Gasteiger partial charge in [0.15, 0.2) is 0 Å². The van der Waals surface area contributed by atoms with Crippen molar-refractivity contribution in [2.45, 2.75) is 19.3 Å². The molecule has 0 spiro atoms. The summed E-state index contributed by atoms with van der Waals surface area (Å²) in [6.07, 6.45) is -0.492. The standard InChI is InChI=1S/C12H9F3N4OS/c13-12(14,15)6-18-3-2-16-9(18)5-19-7-17-8-1-4-21-10(8)11(19)20/h1-4,7H,5-6H2. The molecule has 3 rings (SSSR count). The number of aromatic nitrogens is 4. The summed E-state index contributed by atoms with van der Waals surface area (Å²) in [6.45, 7) is -1.19. The van der Waals surface area contributed by atoms with E-state index in [2.05, 4.69) is 9.97 Å². The van der Waals surface area contributed by atoms with Crippen molar-refractivity contribution < 1.29 is 13.2 Å². The molecule has 0 N–H and O–H groups in total. The van der Waals surface area contributed by atoms with Gasteiger partial charge in [0, 0.05) is 12.4 Å². The van der Waals surface area contributed by atoms with Gasteiger partial charge in [-0.3, -0.25) is 9.36 Å². The first kappa shape index (κ1) is 13.8. The Kier molecular flexibility index (Phi) is 3.28. The molecule has 0 bridgehead atoms. The van der Waals surface area contributed by atoms with Crippen LogP contribution in [-0.2, 0) is 13.1 Å². The zero-order chi connectivity index (χ0) is 15.0. The fourth-order valence-electron chi connectivity index (χ4n) is 1.97. The number of alkyl halides is 3. The van der Waals surface area contributed by atoms with Gasteiger partial charge in [-0.05, 0) is 11.4 Å². The van der Waals surface area contributed by atoms with E-state index >= 15 is 0 Å². The maximum absolute atomic E-state index is 12.5. The van der Waals surface area contributed by atoms with Gasteiger partial charge in [0.05, 0.1) is 18.4 Å². The SMILES string of the molecule is O=c1c2sccc2ncn1Cc1nccn1CC(F)(F)F. The molecule has 0 aliphatic carbocycles. The normalized spacial score (nSPS) is 12.1. The molecule has 3 aromatic heterocycles. The second-order valence-electron chi connectivity index (χ2n) is 4.40. The lowest BCUT2D eigenvalue weighted by atomic mass is 10.4. The highest BCUT2D eigenvalue weighted by atomic mass is 32.1. The van der Waals surface area contributed by atoms with Gasteiger partial charge in [-0.2, -0.15) is 13.2 Å². The summed E-state index contributed by atoms with van der Waals surface area (Å²) in [7, 11) is 0. The van der Waals surface area contributed by atoms with Gasteiger partial charge < -0.3 is 4.57 Å². The summed E-state index contributed by atoms with van der Waals surface area (Å²) in [4.78, 5) is 20.2. The van der Waals surface area contributed by atoms with E-state index in [1.807, 2.05) is 0 Å². The third-order valence-electron chi connectivity index (χ3n) is 2.90. The Morgan fingerprint density at radius 3 is 2.81 bits per heavy atom. The van der Waals surface area contributed by atoms with Crippen LogP contribution in [0.2, 0.25) is 0 Å². The lowest BCUT2D eigenvalue weighted by Crippen LogP contribution is -2.24. The van der Waals surface area contributed by atoms with Gasteiger partial charge >= 0.3 is 6.18 Å². The monoisotopic (exact) mass is 314 g/mol. The van der Waals surface area contributed by atoms with E-state index in [0.717, 1.165) is 4.57 Å². The van der Waals surface area contributed by atoms with E-state index in [1.54, 1.807) is 11.4 Å². The quantitative estimate of drug-likeness (QED) is 0.745. The Morgan fingerprint density at radius 2 is 2.05 bits per heavy atom. The summed E-state index contributed by atoms with van der Waals surface area (Å²) >= 11 is 1.25. The van der Waals surface area contributed by atoms with Crippen LogP contribution in [0.25, 0.3) is 10.2 Å². The smallest absolute Gasteiger partial charge is 0.324 e. The Hall–Kier alpha value is -2.16. The predicted octanol–water partition coefficient (Wildman–Crippen LogP) is 2.27. The van der Waals surface area contributed by atoms with Crippen LogP contribution in [0, 0.1) is 0 Å². The van der Waals surface area contributed by atoms with E-state index in [0.29, 0.717) is 10.2 Å². The molecule has 21 heavy (non-hydrogen) atoms. The second-order valence-corrected chi connectivity index (χ2v) is 5.32. The Balaban J connectivity index is 1.94. The van der Waals surface area contributed by atoms with Crippen LogP contribution >= 0.6 is 11.3 Å². The van der Waals surface area contributed by atoms with E-state index in [-0.39, 0.29) is 17.9 Å². The highest BCUT2D eigenvalue weighted by molar-refractivity contribution is 7.17. The average molecular weight is 314 g/mol. The van der Waals surface area contributed by atoms with Crippen LogP contribution in [0.5, 0.6) is 0 Å². The van der Waals surface area contributed by atoms with Crippen molar-refractivity contribution in [3.05, 3.63) is 46.3 Å². The summed E-state index contributed by atoms with van der Waals surface area (Å²) in [6, 6.07) is 1.72. The molecule has 0 aliphatic rings. The minimum atomic E-state index is -4.34. The molecule has 0 aliphatic heterocycles. The lowest BCUT2D eigenvalue weighted by molar-refractivity contribution is -0.141. The van der Waals surface area contributed by atoms with Crippen molar-refractivity contribution in [2.24, 2.45) is 0 Å². The predicted molar refractivity (Wildman–Crippen MR) is 71.3 cm³/mol. The molecular weight excluding hydrogens is 305 g/mol. The largest absolute Gasteiger partial charge is 0.406 e. The first-order valence-corrected chi connectivity index (χ1v) is 6.81. The zero-order valence-corrected chi connectivity index (χ0v) is 11.4. The molecule has 0 saturated heterocycles. The van der Waals surface area contributed by atoms with Crippen molar-refractivity contribution in [2.75, 3.05) is 0 Å². The number of halogens is 3. The number of imidazole rings is 1. The fraction of sp³-hybridized carbons (Fsp3) is 0.250. The molecule has 0 unspecified atom stereocenters. The number of thiophene rings is 1. The molecule has 0 fully saturated rings. The molecule has 0 radical (unpaired) electrons. The summed E-state index contributed by atoms with van der Waals surface area (Å²) < 4.78 is 40.1. The van der Waals surface area contributed by atoms with Gasteiger partial charge in [0.2, 0.25) is 0 Å². The summed E-state index contributed by atoms with van der Waals surface area (Å²) in [5.41, 5.74) is 0.302. The highest BCUT2D eigenvalue weighted by Gasteiger charge is 2.28. The maximum Gasteiger partial charge on any atom is 0.406 e. The molecule has 0 saturated carbocycles. The van der Waals surface area contributed by atoms with Crippen LogP contribution < -0.4 is 5.56 Å². The van der Waals surface area contributed by atoms with Crippen molar-refractivity contribution in [1.82, 2.24) is 19.1 Å². The first-order chi connectivity index (χ1) is 9.94. The molecule has 9 heteroatoms. The molecule has 0 aromatic carbocycles. The third kappa shape index (κ3) is 2.82. The first-order valence-electron chi connectivity index (χ1n) is 5.93. The lowest BCUT2D eigenvalue weighted by Gasteiger charge is -2.11. The molecule has 110 valence electrons. The zero-order valence-electron chi connectivity index (χ0n) is 10.5. The van der Waals surface area contributed by atoms with Gasteiger partial charge in [-0.1, -0.05) is 0 Å². The van der Waals surface area contributed by atoms with Crippen LogP contribution in [0.15, 0.2) is 35.0 Å². The topological polar surface area (TPSA) is 52.7 Å². The number of fused-ring (bicyclic) bond motifs is 1. The third-order valence-corrected chi connectivity index (χ3v) is 3.79. The second kappa shape index (κ2) is 4.99. The fourth-order valence-corrected chi connectivity index (χ4v) is 2.77. The van der Waals surface area contributed by atoms with E-state index < -0.39 is 12.7 Å². The Bertz CT molecular complexity index is 833. The molecule has 0 atom stereocenters. The summed E-state index contributed by atoms with van der Waals surface area (Å²) in [5, 5.41) is 1.74. The molecule has 3 heterocycles. The highest BCUT2D eigenvalue weighted by Crippen LogP contribution is 2.18. The average Bonchev–Trinajstić information content (AvgIpc) is 3.01. The van der Waals surface area contributed by atoms with E-state index in [9.17, 15) is 18.0 Å². The van der Waals surface area contributed by atoms with Crippen LogP contribution in [0.1, 0.15) is 5.82 Å². The van der Waals surface area contributed by atoms with Gasteiger partial charge in [-0.25, -0.2) is 9.97 Å². The molecule has 3 aromatic rings. The number of hydrogen-bond acceptors (Lipinski definition) is 4. The van der Waals surface area contributed by atoms with Crippen molar-refractivity contribution >= 4 is 21.6 Å². The molecular formula is C12H9F3N4OS.